The fraction of sp³-hybridized carbons (Fsp3) is 0. The van der Waals surface area contributed by atoms with E-state index in [1.54, 1.807) is 18.5 Å². The Balaban J connectivity index is 1.53. The number of para-hydroxylation sites is 1. The van der Waals surface area contributed by atoms with E-state index >= 15 is 0 Å². The lowest BCUT2D eigenvalue weighted by Crippen LogP contribution is -2.14. The lowest BCUT2D eigenvalue weighted by atomic mass is 10.2. The number of amides is 1. The van der Waals surface area contributed by atoms with Crippen LogP contribution in [0.1, 0.15) is 10.5 Å². The molecule has 0 saturated heterocycles. The van der Waals surface area contributed by atoms with Gasteiger partial charge in [-0.2, -0.15) is 0 Å². The summed E-state index contributed by atoms with van der Waals surface area (Å²) in [6.07, 6.45) is 3.18. The van der Waals surface area contributed by atoms with E-state index in [0.29, 0.717) is 17.2 Å². The van der Waals surface area contributed by atoms with Crippen LogP contribution in [-0.4, -0.2) is 20.9 Å². The van der Waals surface area contributed by atoms with Crippen molar-refractivity contribution in [2.75, 3.05) is 5.32 Å². The van der Waals surface area contributed by atoms with Crippen LogP contribution in [0.25, 0.3) is 22.3 Å². The normalized spacial score (nSPS) is 10.6. The number of pyridine rings is 1. The van der Waals surface area contributed by atoms with E-state index in [1.165, 1.54) is 0 Å². The molecule has 0 saturated carbocycles. The zero-order chi connectivity index (χ0) is 17.1. The Labute approximate surface area is 144 Å². The molecule has 0 aliphatic carbocycles. The number of anilines is 1. The van der Waals surface area contributed by atoms with Gasteiger partial charge in [-0.05, 0) is 12.1 Å². The number of nitrogens with one attached hydrogen (secondary N) is 1. The van der Waals surface area contributed by atoms with Crippen molar-refractivity contribution < 1.29 is 4.79 Å². The standard InChI is InChI=1S/C20H14N4O/c25-20(18-11-10-14-6-4-5-9-17(14)24-18)23-16-12-21-19(22-13-16)15-7-2-1-3-8-15/h1-13H,(H,23,25). The Morgan fingerprint density at radius 1 is 0.800 bits per heavy atom. The zero-order valence-electron chi connectivity index (χ0n) is 13.3. The first-order chi connectivity index (χ1) is 12.3. The molecule has 0 bridgehead atoms. The molecule has 0 unspecified atom stereocenters. The summed E-state index contributed by atoms with van der Waals surface area (Å²) < 4.78 is 0. The van der Waals surface area contributed by atoms with Gasteiger partial charge >= 0.3 is 0 Å². The lowest BCUT2D eigenvalue weighted by Gasteiger charge is -2.06. The molecule has 4 aromatic rings. The van der Waals surface area contributed by atoms with Gasteiger partial charge in [0.2, 0.25) is 0 Å². The summed E-state index contributed by atoms with van der Waals surface area (Å²) in [4.78, 5) is 25.4. The van der Waals surface area contributed by atoms with Gasteiger partial charge in [0.1, 0.15) is 5.69 Å². The number of carbonyl (C=O) groups is 1. The van der Waals surface area contributed by atoms with Crippen molar-refractivity contribution >= 4 is 22.5 Å². The second kappa shape index (κ2) is 6.49. The second-order valence-corrected chi connectivity index (χ2v) is 5.50. The first-order valence-electron chi connectivity index (χ1n) is 7.84. The lowest BCUT2D eigenvalue weighted by molar-refractivity contribution is 0.102. The van der Waals surface area contributed by atoms with E-state index in [2.05, 4.69) is 20.3 Å². The van der Waals surface area contributed by atoms with Gasteiger partial charge in [0.25, 0.3) is 5.91 Å². The molecular formula is C20H14N4O. The van der Waals surface area contributed by atoms with Crippen LogP contribution in [0, 0.1) is 0 Å². The van der Waals surface area contributed by atoms with Crippen LogP contribution >= 0.6 is 0 Å². The maximum absolute atomic E-state index is 12.4. The smallest absolute Gasteiger partial charge is 0.274 e. The summed E-state index contributed by atoms with van der Waals surface area (Å²) >= 11 is 0. The maximum atomic E-state index is 12.4. The van der Waals surface area contributed by atoms with Gasteiger partial charge in [-0.1, -0.05) is 54.6 Å². The van der Waals surface area contributed by atoms with Gasteiger partial charge in [0, 0.05) is 10.9 Å². The Kier molecular flexibility index (Phi) is 3.88. The summed E-state index contributed by atoms with van der Waals surface area (Å²) in [5, 5.41) is 3.77. The quantitative estimate of drug-likeness (QED) is 0.619. The van der Waals surface area contributed by atoms with Crippen molar-refractivity contribution in [3.63, 3.8) is 0 Å². The van der Waals surface area contributed by atoms with Crippen LogP contribution in [0.3, 0.4) is 0 Å². The third-order valence-corrected chi connectivity index (χ3v) is 3.77. The number of fused-ring (bicyclic) bond motifs is 1. The van der Waals surface area contributed by atoms with E-state index in [9.17, 15) is 4.79 Å². The van der Waals surface area contributed by atoms with Gasteiger partial charge in [-0.3, -0.25) is 4.79 Å². The number of rotatable bonds is 3. The first-order valence-corrected chi connectivity index (χ1v) is 7.84. The molecule has 2 aromatic carbocycles. The molecule has 120 valence electrons. The third-order valence-electron chi connectivity index (χ3n) is 3.77. The van der Waals surface area contributed by atoms with Gasteiger partial charge in [-0.15, -0.1) is 0 Å². The average molecular weight is 326 g/mol. The Bertz CT molecular complexity index is 1030. The number of hydrogen-bond donors (Lipinski definition) is 1. The van der Waals surface area contributed by atoms with Crippen LogP contribution in [0.5, 0.6) is 0 Å². The minimum atomic E-state index is -0.290. The van der Waals surface area contributed by atoms with Gasteiger partial charge in [0.15, 0.2) is 5.82 Å². The third kappa shape index (κ3) is 3.21. The molecule has 25 heavy (non-hydrogen) atoms. The number of hydrogen-bond acceptors (Lipinski definition) is 4. The topological polar surface area (TPSA) is 67.8 Å². The van der Waals surface area contributed by atoms with E-state index in [4.69, 9.17) is 0 Å². The molecule has 1 N–H and O–H groups in total. The van der Waals surface area contributed by atoms with Gasteiger partial charge in [0.05, 0.1) is 23.6 Å². The molecular weight excluding hydrogens is 312 g/mol. The van der Waals surface area contributed by atoms with Crippen LogP contribution in [0.2, 0.25) is 0 Å². The highest BCUT2D eigenvalue weighted by Crippen LogP contribution is 2.16. The summed E-state index contributed by atoms with van der Waals surface area (Å²) in [7, 11) is 0. The highest BCUT2D eigenvalue weighted by molar-refractivity contribution is 6.03. The molecule has 0 aliphatic rings. The summed E-state index contributed by atoms with van der Waals surface area (Å²) in [5.74, 6) is 0.323. The van der Waals surface area contributed by atoms with Crippen molar-refractivity contribution in [3.8, 4) is 11.4 Å². The number of aromatic nitrogens is 3. The minimum Gasteiger partial charge on any atom is -0.318 e. The van der Waals surface area contributed by atoms with Crippen molar-refractivity contribution in [1.29, 1.82) is 0 Å². The molecule has 2 aromatic heterocycles. The number of carbonyl (C=O) groups excluding carboxylic acids is 1. The van der Waals surface area contributed by atoms with E-state index in [-0.39, 0.29) is 5.91 Å². The van der Waals surface area contributed by atoms with Crippen LogP contribution < -0.4 is 5.32 Å². The molecule has 0 aliphatic heterocycles. The first kappa shape index (κ1) is 15.0. The monoisotopic (exact) mass is 326 g/mol. The van der Waals surface area contributed by atoms with Crippen LogP contribution in [-0.2, 0) is 0 Å². The molecule has 2 heterocycles. The highest BCUT2D eigenvalue weighted by atomic mass is 16.1. The van der Waals surface area contributed by atoms with Gasteiger partial charge < -0.3 is 5.32 Å². The Morgan fingerprint density at radius 2 is 1.52 bits per heavy atom. The fourth-order valence-electron chi connectivity index (χ4n) is 2.52. The summed E-state index contributed by atoms with van der Waals surface area (Å²) in [6.45, 7) is 0. The molecule has 0 atom stereocenters. The highest BCUT2D eigenvalue weighted by Gasteiger charge is 2.09. The van der Waals surface area contributed by atoms with E-state index < -0.39 is 0 Å². The largest absolute Gasteiger partial charge is 0.318 e. The van der Waals surface area contributed by atoms with Crippen LogP contribution in [0.4, 0.5) is 5.69 Å². The Hall–Kier alpha value is -3.60. The number of benzene rings is 2. The Morgan fingerprint density at radius 3 is 2.32 bits per heavy atom. The van der Waals surface area contributed by atoms with Crippen LogP contribution in [0.15, 0.2) is 79.1 Å². The summed E-state index contributed by atoms with van der Waals surface area (Å²) in [5.41, 5.74) is 2.59. The maximum Gasteiger partial charge on any atom is 0.274 e. The van der Waals surface area contributed by atoms with Crippen molar-refractivity contribution in [3.05, 3.63) is 84.8 Å². The predicted octanol–water partition coefficient (Wildman–Crippen LogP) is 3.94. The molecule has 5 heteroatoms. The van der Waals surface area contributed by atoms with E-state index in [1.807, 2.05) is 60.7 Å². The van der Waals surface area contributed by atoms with Crippen molar-refractivity contribution in [2.45, 2.75) is 0 Å². The predicted molar refractivity (Wildman–Crippen MR) is 97.2 cm³/mol. The molecule has 0 radical (unpaired) electrons. The SMILES string of the molecule is O=C(Nc1cnc(-c2ccccc2)nc1)c1ccc2ccccc2n1. The summed E-state index contributed by atoms with van der Waals surface area (Å²) in [6, 6.07) is 20.9. The molecule has 0 spiro atoms. The molecule has 1 amide bonds. The second-order valence-electron chi connectivity index (χ2n) is 5.50. The number of nitrogens with zero attached hydrogens (tertiary/aromatic N) is 3. The van der Waals surface area contributed by atoms with Crippen molar-refractivity contribution in [1.82, 2.24) is 15.0 Å². The zero-order valence-corrected chi connectivity index (χ0v) is 13.3. The van der Waals surface area contributed by atoms with Crippen molar-refractivity contribution in [2.24, 2.45) is 0 Å². The van der Waals surface area contributed by atoms with E-state index in [0.717, 1.165) is 16.5 Å². The molecule has 4 rings (SSSR count). The minimum absolute atomic E-state index is 0.290. The molecule has 0 fully saturated rings. The van der Waals surface area contributed by atoms with Gasteiger partial charge in [-0.25, -0.2) is 15.0 Å². The molecule has 5 nitrogen and oxygen atoms in total. The average Bonchev–Trinajstić information content (AvgIpc) is 2.69. The fourth-order valence-corrected chi connectivity index (χ4v) is 2.52.